The smallest absolute Gasteiger partial charge is 0.387 e. The Morgan fingerprint density at radius 3 is 2.62 bits per heavy atom. The van der Waals surface area contributed by atoms with Gasteiger partial charge in [-0.15, -0.1) is 0 Å². The average molecular weight is 560 g/mol. The molecule has 1 fully saturated rings. The summed E-state index contributed by atoms with van der Waals surface area (Å²) in [5.74, 6) is -1.22. The lowest BCUT2D eigenvalue weighted by Crippen LogP contribution is -2.33. The first kappa shape index (κ1) is 27.1. The van der Waals surface area contributed by atoms with Gasteiger partial charge in [-0.1, -0.05) is 12.1 Å². The van der Waals surface area contributed by atoms with E-state index in [4.69, 9.17) is 19.5 Å². The van der Waals surface area contributed by atoms with E-state index in [1.165, 1.54) is 36.1 Å². The minimum atomic E-state index is -5.50. The SMILES string of the molecule is CNc1ccccc1C(=O)OP(=O)(OC[C@H]1O[C@@H](n2cnc3c(N)ncnc32)[C@H](O)[C@@H]1O)OP(=O)(O)O. The minimum Gasteiger partial charge on any atom is -0.387 e. The van der Waals surface area contributed by atoms with Gasteiger partial charge >= 0.3 is 21.6 Å². The number of imidazole rings is 1. The van der Waals surface area contributed by atoms with E-state index in [1.807, 2.05) is 0 Å². The highest BCUT2D eigenvalue weighted by Crippen LogP contribution is 2.61. The monoisotopic (exact) mass is 560 g/mol. The predicted molar refractivity (Wildman–Crippen MR) is 124 cm³/mol. The number of nitrogen functional groups attached to an aromatic ring is 1. The van der Waals surface area contributed by atoms with Crippen molar-refractivity contribution in [2.45, 2.75) is 24.5 Å². The number of benzene rings is 1. The number of nitrogens with zero attached hydrogens (tertiary/aromatic N) is 4. The summed E-state index contributed by atoms with van der Waals surface area (Å²) in [7, 11) is -9.29. The Hall–Kier alpha value is -2.98. The molecule has 5 atom stereocenters. The van der Waals surface area contributed by atoms with Gasteiger partial charge in [0, 0.05) is 12.7 Å². The molecule has 17 nitrogen and oxygen atoms in total. The number of fused-ring (bicyclic) bond motifs is 1. The van der Waals surface area contributed by atoms with Crippen molar-refractivity contribution in [1.82, 2.24) is 19.5 Å². The molecule has 4 rings (SSSR count). The fourth-order valence-corrected chi connectivity index (χ4v) is 5.59. The molecule has 0 bridgehead atoms. The number of nitrogens with one attached hydrogen (secondary N) is 1. The fraction of sp³-hybridized carbons (Fsp3) is 0.333. The molecule has 0 aliphatic carbocycles. The number of phosphoric ester groups is 1. The zero-order valence-electron chi connectivity index (χ0n) is 18.9. The second kappa shape index (κ2) is 10.4. The maximum absolute atomic E-state index is 13.0. The number of anilines is 2. The summed E-state index contributed by atoms with van der Waals surface area (Å²) in [5, 5.41) is 23.7. The molecule has 3 heterocycles. The second-order valence-electron chi connectivity index (χ2n) is 7.62. The molecule has 1 aliphatic heterocycles. The van der Waals surface area contributed by atoms with Gasteiger partial charge in [-0.2, -0.15) is 4.31 Å². The zero-order chi connectivity index (χ0) is 27.0. The molecule has 0 spiro atoms. The number of aliphatic hydroxyl groups excluding tert-OH is 2. The van der Waals surface area contributed by atoms with E-state index < -0.39 is 52.8 Å². The molecular formula is C18H22N6O11P2. The van der Waals surface area contributed by atoms with Crippen LogP contribution in [-0.4, -0.2) is 77.5 Å². The van der Waals surface area contributed by atoms with Crippen LogP contribution in [0.2, 0.25) is 0 Å². The summed E-state index contributed by atoms with van der Waals surface area (Å²) in [6.07, 6.45) is -3.52. The van der Waals surface area contributed by atoms with Crippen LogP contribution in [0.15, 0.2) is 36.9 Å². The molecule has 19 heteroatoms. The van der Waals surface area contributed by atoms with E-state index in [1.54, 1.807) is 6.07 Å². The molecule has 7 N–H and O–H groups in total. The molecule has 2 aromatic heterocycles. The van der Waals surface area contributed by atoms with E-state index in [0.29, 0.717) is 0 Å². The molecule has 200 valence electrons. The number of carbonyl (C=O) groups excluding carboxylic acids is 1. The number of ether oxygens (including phenoxy) is 1. The van der Waals surface area contributed by atoms with Gasteiger partial charge in [-0.3, -0.25) is 9.09 Å². The normalized spacial score (nSPS) is 23.6. The van der Waals surface area contributed by atoms with Gasteiger partial charge in [-0.25, -0.2) is 28.9 Å². The Morgan fingerprint density at radius 2 is 1.92 bits per heavy atom. The Balaban J connectivity index is 1.52. The minimum absolute atomic E-state index is 0.0638. The number of carbonyl (C=O) groups is 1. The van der Waals surface area contributed by atoms with Gasteiger partial charge in [0.05, 0.1) is 18.5 Å². The molecule has 0 saturated carbocycles. The number of phosphoric acid groups is 2. The van der Waals surface area contributed by atoms with E-state index in [0.717, 1.165) is 6.33 Å². The maximum Gasteiger partial charge on any atom is 0.541 e. The molecule has 37 heavy (non-hydrogen) atoms. The highest BCUT2D eigenvalue weighted by molar-refractivity contribution is 7.61. The Bertz CT molecular complexity index is 1400. The van der Waals surface area contributed by atoms with Crippen molar-refractivity contribution in [3.8, 4) is 0 Å². The molecule has 1 aliphatic rings. The van der Waals surface area contributed by atoms with Crippen LogP contribution in [0.3, 0.4) is 0 Å². The summed E-state index contributed by atoms with van der Waals surface area (Å²) >= 11 is 0. The lowest BCUT2D eigenvalue weighted by molar-refractivity contribution is -0.0507. The van der Waals surface area contributed by atoms with E-state index in [9.17, 15) is 33.9 Å². The van der Waals surface area contributed by atoms with Gasteiger partial charge in [0.15, 0.2) is 17.7 Å². The Kier molecular flexibility index (Phi) is 7.62. The number of hydrogen-bond acceptors (Lipinski definition) is 14. The highest BCUT2D eigenvalue weighted by atomic mass is 31.3. The van der Waals surface area contributed by atoms with Crippen molar-refractivity contribution in [1.29, 1.82) is 0 Å². The molecule has 0 amide bonds. The van der Waals surface area contributed by atoms with Crippen molar-refractivity contribution in [3.05, 3.63) is 42.5 Å². The predicted octanol–water partition coefficient (Wildman–Crippen LogP) is 0.160. The number of rotatable bonds is 9. The third-order valence-corrected chi connectivity index (χ3v) is 7.72. The number of aromatic nitrogens is 4. The van der Waals surface area contributed by atoms with Crippen molar-refractivity contribution in [3.63, 3.8) is 0 Å². The fourth-order valence-electron chi connectivity index (χ4n) is 3.54. The largest absolute Gasteiger partial charge is 0.541 e. The Labute approximate surface area is 208 Å². The second-order valence-corrected chi connectivity index (χ2v) is 10.6. The van der Waals surface area contributed by atoms with Crippen LogP contribution in [0.4, 0.5) is 11.5 Å². The van der Waals surface area contributed by atoms with Gasteiger partial charge < -0.3 is 40.3 Å². The highest BCUT2D eigenvalue weighted by Gasteiger charge is 2.47. The topological polar surface area (TPSA) is 251 Å². The molecule has 1 unspecified atom stereocenters. The van der Waals surface area contributed by atoms with E-state index >= 15 is 0 Å². The van der Waals surface area contributed by atoms with Crippen LogP contribution in [-0.2, 0) is 27.2 Å². The van der Waals surface area contributed by atoms with Crippen LogP contribution >= 0.6 is 15.6 Å². The lowest BCUT2D eigenvalue weighted by Gasteiger charge is -2.21. The van der Waals surface area contributed by atoms with Gasteiger partial charge in [-0.05, 0) is 12.1 Å². The maximum atomic E-state index is 13.0. The van der Waals surface area contributed by atoms with Gasteiger partial charge in [0.2, 0.25) is 0 Å². The summed E-state index contributed by atoms with van der Waals surface area (Å²) in [6.45, 7) is -0.878. The summed E-state index contributed by atoms with van der Waals surface area (Å²) in [5.41, 5.74) is 6.26. The molecule has 0 radical (unpaired) electrons. The summed E-state index contributed by atoms with van der Waals surface area (Å²) in [4.78, 5) is 42.9. The van der Waals surface area contributed by atoms with Crippen LogP contribution in [0.5, 0.6) is 0 Å². The van der Waals surface area contributed by atoms with Crippen LogP contribution < -0.4 is 11.1 Å². The van der Waals surface area contributed by atoms with Crippen LogP contribution in [0, 0.1) is 0 Å². The van der Waals surface area contributed by atoms with Crippen molar-refractivity contribution < 1.29 is 52.0 Å². The average Bonchev–Trinajstić information content (AvgIpc) is 3.38. The van der Waals surface area contributed by atoms with Crippen molar-refractivity contribution >= 4 is 44.3 Å². The first-order valence-corrected chi connectivity index (χ1v) is 13.4. The quantitative estimate of drug-likeness (QED) is 0.191. The van der Waals surface area contributed by atoms with Gasteiger partial charge in [0.25, 0.3) is 0 Å². The van der Waals surface area contributed by atoms with Gasteiger partial charge in [0.1, 0.15) is 30.2 Å². The zero-order valence-corrected chi connectivity index (χ0v) is 20.7. The van der Waals surface area contributed by atoms with E-state index in [-0.39, 0.29) is 28.2 Å². The number of hydrogen-bond donors (Lipinski definition) is 6. The lowest BCUT2D eigenvalue weighted by atomic mass is 10.1. The number of nitrogens with two attached hydrogens (primary N) is 1. The van der Waals surface area contributed by atoms with Crippen LogP contribution in [0.25, 0.3) is 11.2 Å². The van der Waals surface area contributed by atoms with Crippen molar-refractivity contribution in [2.24, 2.45) is 0 Å². The third kappa shape index (κ3) is 5.80. The number of aliphatic hydroxyl groups is 2. The summed E-state index contributed by atoms with van der Waals surface area (Å²) in [6, 6.07) is 5.85. The summed E-state index contributed by atoms with van der Waals surface area (Å²) < 4.78 is 45.2. The third-order valence-electron chi connectivity index (χ3n) is 5.21. The Morgan fingerprint density at radius 1 is 1.19 bits per heavy atom. The standard InChI is InChI=1S/C18H22N6O11P2/c1-20-10-5-3-2-4-9(10)18(27)34-37(31,35-36(28,29)30)32-6-11-13(25)14(26)17(33-11)24-8-23-12-15(19)21-7-22-16(12)24/h2-5,7-8,11,13-14,17,20,25-26H,6H2,1H3,(H2,19,21,22)(H2,28,29,30)/t11-,13-,14-,17-,37?/m1/s1. The van der Waals surface area contributed by atoms with Crippen LogP contribution in [0.1, 0.15) is 16.6 Å². The molecule has 1 saturated heterocycles. The molecule has 1 aromatic carbocycles. The first-order chi connectivity index (χ1) is 17.4. The van der Waals surface area contributed by atoms with E-state index in [2.05, 4.69) is 24.6 Å². The van der Waals surface area contributed by atoms with Crippen molar-refractivity contribution in [2.75, 3.05) is 24.7 Å². The first-order valence-electron chi connectivity index (χ1n) is 10.4. The number of para-hydroxylation sites is 1. The molecule has 3 aromatic rings. The molecular weight excluding hydrogens is 538 g/mol.